The second-order valence-electron chi connectivity index (χ2n) is 10.5. The van der Waals surface area contributed by atoms with Gasteiger partial charge in [0.25, 0.3) is 0 Å². The van der Waals surface area contributed by atoms with E-state index in [9.17, 15) is 19.1 Å². The maximum Gasteiger partial charge on any atom is 0.323 e. The van der Waals surface area contributed by atoms with Gasteiger partial charge >= 0.3 is 5.97 Å². The molecule has 1 aromatic heterocycles. The van der Waals surface area contributed by atoms with Crippen LogP contribution < -0.4 is 4.74 Å². The Balaban J connectivity index is 1.40. The van der Waals surface area contributed by atoms with Gasteiger partial charge in [-0.1, -0.05) is 48.5 Å². The monoisotopic (exact) mass is 542 g/mol. The fourth-order valence-electron chi connectivity index (χ4n) is 6.09. The van der Waals surface area contributed by atoms with Crippen LogP contribution in [0.1, 0.15) is 41.6 Å². The molecule has 3 aromatic carbocycles. The summed E-state index contributed by atoms with van der Waals surface area (Å²) in [6, 6.07) is 22.5. The topological polar surface area (TPSA) is 71.8 Å². The van der Waals surface area contributed by atoms with Crippen molar-refractivity contribution < 1.29 is 23.8 Å². The molecule has 4 aromatic rings. The fraction of sp³-hybridized carbons (Fsp3) is 0.333. The molecule has 208 valence electrons. The molecule has 0 fully saturated rings. The highest BCUT2D eigenvalue weighted by Crippen LogP contribution is 2.35. The van der Waals surface area contributed by atoms with Gasteiger partial charge in [-0.3, -0.25) is 9.59 Å². The molecule has 0 bridgehead atoms. The predicted molar refractivity (Wildman–Crippen MR) is 153 cm³/mol. The third-order valence-electron chi connectivity index (χ3n) is 7.97. The largest absolute Gasteiger partial charge is 0.496 e. The second kappa shape index (κ2) is 12.4. The number of amides is 1. The minimum atomic E-state index is -0.930. The summed E-state index contributed by atoms with van der Waals surface area (Å²) in [4.78, 5) is 27.4. The molecule has 0 saturated carbocycles. The standard InChI is InChI=1S/C33H35FN2O4/c1-40-31-12-6-5-11-24(31)13-18-32(37)35(19-7-10-23-8-3-2-4-9-23)26-15-17-30-28(21-26)27-20-25(34)14-16-29(27)36(30)22-33(38)39/h2-6,8-9,11-12,14,16,20,26H,7,10,13,15,17-19,21-22H2,1H3,(H,38,39). The second-order valence-corrected chi connectivity index (χ2v) is 10.5. The van der Waals surface area contributed by atoms with E-state index < -0.39 is 5.97 Å². The van der Waals surface area contributed by atoms with E-state index in [4.69, 9.17) is 4.74 Å². The van der Waals surface area contributed by atoms with Crippen LogP contribution in [0.25, 0.3) is 10.9 Å². The van der Waals surface area contributed by atoms with E-state index in [1.165, 1.54) is 17.7 Å². The molecule has 5 rings (SSSR count). The summed E-state index contributed by atoms with van der Waals surface area (Å²) in [5, 5.41) is 10.3. The number of nitrogens with zero attached hydrogens (tertiary/aromatic N) is 2. The quantitative estimate of drug-likeness (QED) is 0.259. The van der Waals surface area contributed by atoms with Gasteiger partial charge in [-0.25, -0.2) is 4.39 Å². The molecule has 1 aliphatic carbocycles. The average molecular weight is 543 g/mol. The van der Waals surface area contributed by atoms with Crippen LogP contribution in [0, 0.1) is 5.82 Å². The van der Waals surface area contributed by atoms with Gasteiger partial charge in [0.1, 0.15) is 18.1 Å². The normalized spacial score (nSPS) is 14.6. The number of fused-ring (bicyclic) bond motifs is 3. The van der Waals surface area contributed by atoms with Gasteiger partial charge < -0.3 is 19.3 Å². The van der Waals surface area contributed by atoms with Crippen molar-refractivity contribution in [3.8, 4) is 5.75 Å². The Morgan fingerprint density at radius 2 is 1.82 bits per heavy atom. The number of para-hydroxylation sites is 1. The van der Waals surface area contributed by atoms with Crippen molar-refractivity contribution in [2.24, 2.45) is 0 Å². The minimum Gasteiger partial charge on any atom is -0.496 e. The summed E-state index contributed by atoms with van der Waals surface area (Å²) in [6.45, 7) is 0.461. The highest BCUT2D eigenvalue weighted by atomic mass is 19.1. The summed E-state index contributed by atoms with van der Waals surface area (Å²) in [5.74, 6) is -0.410. The van der Waals surface area contributed by atoms with Crippen molar-refractivity contribution in [3.05, 3.63) is 101 Å². The molecule has 0 radical (unpaired) electrons. The van der Waals surface area contributed by atoms with Gasteiger partial charge in [-0.2, -0.15) is 0 Å². The summed E-state index contributed by atoms with van der Waals surface area (Å²) < 4.78 is 21.6. The number of carbonyl (C=O) groups excluding carboxylic acids is 1. The molecule has 0 spiro atoms. The minimum absolute atomic E-state index is 0.0411. The number of rotatable bonds is 11. The summed E-state index contributed by atoms with van der Waals surface area (Å²) in [7, 11) is 1.64. The third kappa shape index (κ3) is 6.03. The molecule has 1 aliphatic rings. The van der Waals surface area contributed by atoms with Crippen molar-refractivity contribution in [1.29, 1.82) is 0 Å². The van der Waals surface area contributed by atoms with Gasteiger partial charge in [0.05, 0.1) is 7.11 Å². The first kappa shape index (κ1) is 27.4. The molecule has 7 heteroatoms. The Bertz CT molecular complexity index is 1500. The molecule has 1 atom stereocenters. The number of carboxylic acid groups (broad SMARTS) is 1. The number of halogens is 1. The molecule has 1 unspecified atom stereocenters. The first-order valence-corrected chi connectivity index (χ1v) is 13.9. The van der Waals surface area contributed by atoms with E-state index in [0.29, 0.717) is 32.2 Å². The zero-order chi connectivity index (χ0) is 28.1. The maximum absolute atomic E-state index is 14.3. The van der Waals surface area contributed by atoms with Gasteiger partial charge in [-0.15, -0.1) is 0 Å². The Labute approximate surface area is 234 Å². The number of hydrogen-bond acceptors (Lipinski definition) is 3. The summed E-state index contributed by atoms with van der Waals surface area (Å²) in [6.07, 6.45) is 4.61. The Hall–Kier alpha value is -4.13. The van der Waals surface area contributed by atoms with Crippen LogP contribution in [-0.4, -0.2) is 46.1 Å². The number of aromatic nitrogens is 1. The number of ether oxygens (including phenoxy) is 1. The van der Waals surface area contributed by atoms with Gasteiger partial charge in [0.2, 0.25) is 5.91 Å². The Morgan fingerprint density at radius 3 is 2.60 bits per heavy atom. The lowest BCUT2D eigenvalue weighted by molar-refractivity contribution is -0.137. The van der Waals surface area contributed by atoms with E-state index in [1.807, 2.05) is 47.4 Å². The highest BCUT2D eigenvalue weighted by Gasteiger charge is 2.31. The van der Waals surface area contributed by atoms with Crippen molar-refractivity contribution in [2.75, 3.05) is 13.7 Å². The number of aryl methyl sites for hydroxylation is 2. The van der Waals surface area contributed by atoms with Gasteiger partial charge in [0.15, 0.2) is 0 Å². The van der Waals surface area contributed by atoms with E-state index in [2.05, 4.69) is 12.1 Å². The maximum atomic E-state index is 14.3. The molecule has 1 N–H and O–H groups in total. The molecule has 1 amide bonds. The van der Waals surface area contributed by atoms with Crippen LogP contribution in [0.3, 0.4) is 0 Å². The summed E-state index contributed by atoms with van der Waals surface area (Å²) in [5.41, 5.74) is 4.86. The van der Waals surface area contributed by atoms with Crippen LogP contribution in [0.15, 0.2) is 72.8 Å². The number of aliphatic carboxylic acids is 1. The first-order valence-electron chi connectivity index (χ1n) is 13.9. The summed E-state index contributed by atoms with van der Waals surface area (Å²) >= 11 is 0. The van der Waals surface area contributed by atoms with Crippen molar-refractivity contribution >= 4 is 22.8 Å². The first-order chi connectivity index (χ1) is 19.4. The van der Waals surface area contributed by atoms with Crippen LogP contribution in [0.2, 0.25) is 0 Å². The molecular weight excluding hydrogens is 507 g/mol. The van der Waals surface area contributed by atoms with Gasteiger partial charge in [0, 0.05) is 35.6 Å². The van der Waals surface area contributed by atoms with E-state index >= 15 is 0 Å². The molecular formula is C33H35FN2O4. The van der Waals surface area contributed by atoms with Gasteiger partial charge in [-0.05, 0) is 79.5 Å². The Morgan fingerprint density at radius 1 is 1.05 bits per heavy atom. The van der Waals surface area contributed by atoms with Crippen molar-refractivity contribution in [1.82, 2.24) is 9.47 Å². The Kier molecular flexibility index (Phi) is 8.48. The van der Waals surface area contributed by atoms with Crippen LogP contribution >= 0.6 is 0 Å². The van der Waals surface area contributed by atoms with E-state index in [1.54, 1.807) is 17.7 Å². The number of benzene rings is 3. The third-order valence-corrected chi connectivity index (χ3v) is 7.97. The number of carbonyl (C=O) groups is 2. The lowest BCUT2D eigenvalue weighted by Gasteiger charge is -2.35. The molecule has 6 nitrogen and oxygen atoms in total. The van der Waals surface area contributed by atoms with Crippen molar-refractivity contribution in [2.45, 2.75) is 57.5 Å². The van der Waals surface area contributed by atoms with Crippen LogP contribution in [-0.2, 0) is 41.8 Å². The van der Waals surface area contributed by atoms with E-state index in [-0.39, 0.29) is 24.3 Å². The highest BCUT2D eigenvalue weighted by molar-refractivity contribution is 5.87. The molecule has 0 saturated heterocycles. The SMILES string of the molecule is COc1ccccc1CCC(=O)N(CCCc1ccccc1)C1CCc2c(c3cc(F)ccc3n2CC(=O)O)C1. The van der Waals surface area contributed by atoms with Crippen LogP contribution in [0.4, 0.5) is 4.39 Å². The molecule has 40 heavy (non-hydrogen) atoms. The van der Waals surface area contributed by atoms with Crippen LogP contribution in [0.5, 0.6) is 5.75 Å². The number of methoxy groups -OCH3 is 1. The lowest BCUT2D eigenvalue weighted by Crippen LogP contribution is -2.44. The zero-order valence-electron chi connectivity index (χ0n) is 22.8. The number of hydrogen-bond donors (Lipinski definition) is 1. The molecule has 1 heterocycles. The van der Waals surface area contributed by atoms with Crippen molar-refractivity contribution in [3.63, 3.8) is 0 Å². The predicted octanol–water partition coefficient (Wildman–Crippen LogP) is 5.83. The fourth-order valence-corrected chi connectivity index (χ4v) is 6.09. The lowest BCUT2D eigenvalue weighted by atomic mass is 9.89. The zero-order valence-corrected chi connectivity index (χ0v) is 22.8. The average Bonchev–Trinajstić information content (AvgIpc) is 3.26. The number of carboxylic acids is 1. The molecule has 0 aliphatic heterocycles. The smallest absolute Gasteiger partial charge is 0.323 e. The van der Waals surface area contributed by atoms with E-state index in [0.717, 1.165) is 52.7 Å².